The topological polar surface area (TPSA) is 164 Å². The number of nitrogens with one attached hydrogen (secondary N) is 4. The van der Waals surface area contributed by atoms with Crippen LogP contribution in [0.15, 0.2) is 91.0 Å². The molecule has 0 spiro atoms. The van der Waals surface area contributed by atoms with Crippen LogP contribution >= 0.6 is 69.6 Å². The minimum absolute atomic E-state index is 0.0678. The van der Waals surface area contributed by atoms with Crippen LogP contribution in [0.25, 0.3) is 34.2 Å². The fourth-order valence-electron chi connectivity index (χ4n) is 5.85. The van der Waals surface area contributed by atoms with Crippen LogP contribution in [0, 0.1) is 0 Å². The van der Waals surface area contributed by atoms with Crippen LogP contribution in [-0.2, 0) is 7.59 Å². The van der Waals surface area contributed by atoms with Gasteiger partial charge in [0.15, 0.2) is 29.1 Å². The lowest BCUT2D eigenvalue weighted by Crippen LogP contribution is -2.14. The maximum atomic E-state index is 6.12. The molecular weight excluding hydrogens is 887 g/mol. The second-order valence-electron chi connectivity index (χ2n) is 13.5. The zero-order chi connectivity index (χ0) is 42.2. The Morgan fingerprint density at radius 1 is 0.317 bits per heavy atom. The number of halogens is 6. The maximum Gasteiger partial charge on any atom is 0.250 e. The van der Waals surface area contributed by atoms with Crippen molar-refractivity contribution in [2.24, 2.45) is 0 Å². The highest BCUT2D eigenvalue weighted by molar-refractivity contribution is 6.67. The van der Waals surface area contributed by atoms with Crippen molar-refractivity contribution in [3.05, 3.63) is 103 Å². The Balaban J connectivity index is 0.921. The Morgan fingerprint density at radius 3 is 0.867 bits per heavy atom. The van der Waals surface area contributed by atoms with Gasteiger partial charge in [-0.25, -0.2) is 9.97 Å². The summed E-state index contributed by atoms with van der Waals surface area (Å²) < 4.78 is -3.55. The number of alkyl halides is 6. The molecule has 0 radical (unpaired) electrons. The molecule has 314 valence electrons. The second-order valence-corrected chi connectivity index (χ2v) is 18.1. The molecule has 3 aromatic heterocycles. The molecule has 13 nitrogen and oxygen atoms in total. The van der Waals surface area contributed by atoms with Crippen molar-refractivity contribution < 1.29 is 0 Å². The van der Waals surface area contributed by atoms with E-state index in [4.69, 9.17) is 79.6 Å². The van der Waals surface area contributed by atoms with E-state index in [2.05, 4.69) is 56.2 Å². The van der Waals surface area contributed by atoms with Gasteiger partial charge in [0, 0.05) is 42.9 Å². The molecule has 0 aliphatic rings. The number of nitrogens with zero attached hydrogens (tertiary/aromatic N) is 9. The third kappa shape index (κ3) is 14.4. The summed E-state index contributed by atoms with van der Waals surface area (Å²) in [5, 5.41) is 13.3. The molecule has 0 amide bonds. The van der Waals surface area contributed by atoms with Crippen molar-refractivity contribution in [2.45, 2.75) is 59.0 Å². The van der Waals surface area contributed by atoms with Crippen LogP contribution in [0.1, 0.15) is 63.0 Å². The van der Waals surface area contributed by atoms with E-state index in [-0.39, 0.29) is 11.6 Å². The molecule has 19 heteroatoms. The molecule has 0 saturated carbocycles. The zero-order valence-corrected chi connectivity index (χ0v) is 37.0. The quantitative estimate of drug-likeness (QED) is 0.0399. The SMILES string of the molecule is ClC(Cl)(Cl)c1nc(NCCCCCCNc2nc(NCCCCCCNc3nc(-c4ccccc4)nc(C(Cl)(Cl)Cl)n3)nc(-c3ccccc3)n2)nc(-c2ccccc2)n1. The van der Waals surface area contributed by atoms with Crippen molar-refractivity contribution in [3.8, 4) is 34.2 Å². The Hall–Kier alpha value is -4.37. The first-order chi connectivity index (χ1) is 29.0. The maximum absolute atomic E-state index is 6.12. The van der Waals surface area contributed by atoms with Crippen molar-refractivity contribution in [3.63, 3.8) is 0 Å². The number of rotatable bonds is 21. The van der Waals surface area contributed by atoms with E-state index in [0.29, 0.717) is 67.4 Å². The smallest absolute Gasteiger partial charge is 0.250 e. The van der Waals surface area contributed by atoms with Gasteiger partial charge in [0.2, 0.25) is 31.4 Å². The van der Waals surface area contributed by atoms with Gasteiger partial charge in [-0.2, -0.15) is 34.9 Å². The Kier molecular flexibility index (Phi) is 16.9. The third-order valence-corrected chi connectivity index (χ3v) is 9.86. The van der Waals surface area contributed by atoms with Gasteiger partial charge in [0.25, 0.3) is 0 Å². The molecule has 6 aromatic rings. The summed E-state index contributed by atoms with van der Waals surface area (Å²) in [6.07, 6.45) is 7.64. The summed E-state index contributed by atoms with van der Waals surface area (Å²) in [7, 11) is 0. The summed E-state index contributed by atoms with van der Waals surface area (Å²) in [5.74, 6) is 3.39. The van der Waals surface area contributed by atoms with E-state index in [9.17, 15) is 0 Å². The first-order valence-electron chi connectivity index (χ1n) is 19.6. The molecule has 0 aliphatic carbocycles. The molecule has 0 saturated heterocycles. The molecule has 6 rings (SSSR count). The zero-order valence-electron chi connectivity index (χ0n) is 32.4. The predicted octanol–water partition coefficient (Wildman–Crippen LogP) is 11.1. The van der Waals surface area contributed by atoms with Crippen LogP contribution in [0.2, 0.25) is 0 Å². The fraction of sp³-hybridized carbons (Fsp3) is 0.341. The fourth-order valence-corrected chi connectivity index (χ4v) is 6.36. The van der Waals surface area contributed by atoms with Gasteiger partial charge in [-0.15, -0.1) is 0 Å². The minimum Gasteiger partial charge on any atom is -0.354 e. The van der Waals surface area contributed by atoms with Gasteiger partial charge in [-0.1, -0.05) is 186 Å². The van der Waals surface area contributed by atoms with Crippen molar-refractivity contribution in [1.82, 2.24) is 44.9 Å². The molecule has 0 unspecified atom stereocenters. The van der Waals surface area contributed by atoms with E-state index >= 15 is 0 Å². The number of hydrogen-bond donors (Lipinski definition) is 4. The van der Waals surface area contributed by atoms with Crippen molar-refractivity contribution in [2.75, 3.05) is 47.4 Å². The highest BCUT2D eigenvalue weighted by Gasteiger charge is 2.29. The molecule has 0 bridgehead atoms. The monoisotopic (exact) mass is 927 g/mol. The van der Waals surface area contributed by atoms with Gasteiger partial charge in [-0.05, 0) is 25.7 Å². The summed E-state index contributed by atoms with van der Waals surface area (Å²) in [6, 6.07) is 28.9. The van der Waals surface area contributed by atoms with Crippen LogP contribution in [0.5, 0.6) is 0 Å². The summed E-state index contributed by atoms with van der Waals surface area (Å²) in [6.45, 7) is 2.73. The molecule has 0 atom stereocenters. The third-order valence-electron chi connectivity index (χ3n) is 8.85. The first-order valence-corrected chi connectivity index (χ1v) is 21.8. The second kappa shape index (κ2) is 22.5. The Morgan fingerprint density at radius 2 is 0.583 bits per heavy atom. The standard InChI is InChI=1S/C41H43Cl6N13/c42-40(43,44)34-52-31(28-18-8-5-9-19-28)54-36(58-34)48-24-14-1-3-16-26-50-38-56-33(30-22-12-7-13-23-30)57-39(60-38)51-27-17-4-2-15-25-49-37-55-32(29-20-10-6-11-21-29)53-35(59-37)41(45,46)47/h5-13,18-23H,1-4,14-17,24-27H2,(H,48,52,54,58)(H,49,53,55,59)(H2,50,51,56,57,60). The number of aromatic nitrogens is 9. The lowest BCUT2D eigenvalue weighted by atomic mass is 10.2. The van der Waals surface area contributed by atoms with E-state index < -0.39 is 7.59 Å². The van der Waals surface area contributed by atoms with Crippen LogP contribution in [0.3, 0.4) is 0 Å². The van der Waals surface area contributed by atoms with Crippen LogP contribution in [0.4, 0.5) is 23.8 Å². The summed E-state index contributed by atoms with van der Waals surface area (Å²) in [4.78, 5) is 40.6. The normalized spacial score (nSPS) is 11.6. The highest BCUT2D eigenvalue weighted by Crippen LogP contribution is 2.38. The van der Waals surface area contributed by atoms with Gasteiger partial charge in [-0.3, -0.25) is 0 Å². The molecular formula is C41H43Cl6N13. The Bertz CT molecular complexity index is 2090. The van der Waals surface area contributed by atoms with Gasteiger partial charge in [0.1, 0.15) is 0 Å². The van der Waals surface area contributed by atoms with E-state index in [1.807, 2.05) is 91.0 Å². The van der Waals surface area contributed by atoms with Crippen molar-refractivity contribution >= 4 is 93.4 Å². The molecule has 4 N–H and O–H groups in total. The minimum atomic E-state index is -1.78. The molecule has 0 fully saturated rings. The molecule has 60 heavy (non-hydrogen) atoms. The number of benzene rings is 3. The lowest BCUT2D eigenvalue weighted by Gasteiger charge is -2.13. The van der Waals surface area contributed by atoms with E-state index in [1.165, 1.54) is 0 Å². The average Bonchev–Trinajstić information content (AvgIpc) is 3.25. The number of unbranched alkanes of at least 4 members (excludes halogenated alkanes) is 6. The van der Waals surface area contributed by atoms with Crippen LogP contribution < -0.4 is 21.3 Å². The highest BCUT2D eigenvalue weighted by atomic mass is 35.6. The lowest BCUT2D eigenvalue weighted by molar-refractivity contribution is 0.665. The molecule has 3 heterocycles. The Labute approximate surface area is 379 Å². The van der Waals surface area contributed by atoms with E-state index in [1.54, 1.807) is 0 Å². The number of anilines is 4. The van der Waals surface area contributed by atoms with Gasteiger partial charge >= 0.3 is 0 Å². The molecule has 0 aliphatic heterocycles. The first kappa shape index (κ1) is 45.2. The molecule has 3 aromatic carbocycles. The van der Waals surface area contributed by atoms with Gasteiger partial charge < -0.3 is 21.3 Å². The van der Waals surface area contributed by atoms with Crippen molar-refractivity contribution in [1.29, 1.82) is 0 Å². The predicted molar refractivity (Wildman–Crippen MR) is 245 cm³/mol. The van der Waals surface area contributed by atoms with E-state index in [0.717, 1.165) is 68.1 Å². The summed E-state index contributed by atoms with van der Waals surface area (Å²) >= 11 is 36.7. The summed E-state index contributed by atoms with van der Waals surface area (Å²) in [5.41, 5.74) is 2.52. The van der Waals surface area contributed by atoms with Crippen LogP contribution in [-0.4, -0.2) is 71.0 Å². The average molecular weight is 931 g/mol. The largest absolute Gasteiger partial charge is 0.354 e. The number of hydrogen-bond acceptors (Lipinski definition) is 13. The van der Waals surface area contributed by atoms with Gasteiger partial charge in [0.05, 0.1) is 0 Å².